The normalized spacial score (nSPS) is 21.0. The van der Waals surface area contributed by atoms with Crippen LogP contribution in [0.25, 0.3) is 0 Å². The van der Waals surface area contributed by atoms with Crippen LogP contribution >= 0.6 is 39.1 Å². The summed E-state index contributed by atoms with van der Waals surface area (Å²) in [5, 5.41) is 4.93. The van der Waals surface area contributed by atoms with Gasteiger partial charge in [-0.05, 0) is 41.8 Å². The Balaban J connectivity index is 1.94. The predicted molar refractivity (Wildman–Crippen MR) is 85.7 cm³/mol. The largest absolute Gasteiger partial charge is 0.383 e. The van der Waals surface area contributed by atoms with Gasteiger partial charge in [0, 0.05) is 22.3 Å². The summed E-state index contributed by atoms with van der Waals surface area (Å²) < 4.78 is -0.0996. The van der Waals surface area contributed by atoms with E-state index in [9.17, 15) is 0 Å². The molecular formula is C15H12BrCl2N. The van der Waals surface area contributed by atoms with Crippen molar-refractivity contribution in [2.24, 2.45) is 0 Å². The Bertz CT molecular complexity index is 629. The average Bonchev–Trinajstić information content (AvgIpc) is 2.66. The van der Waals surface area contributed by atoms with Crippen LogP contribution in [0.2, 0.25) is 10.0 Å². The number of nitrogens with one attached hydrogen (secondary N) is 1. The fourth-order valence-corrected chi connectivity index (χ4v) is 3.71. The highest BCUT2D eigenvalue weighted by Gasteiger charge is 2.36. The Labute approximate surface area is 131 Å². The number of benzene rings is 2. The van der Waals surface area contributed by atoms with Crippen LogP contribution in [0, 0.1) is 0 Å². The van der Waals surface area contributed by atoms with Crippen LogP contribution in [0.3, 0.4) is 0 Å². The molecule has 3 rings (SSSR count). The summed E-state index contributed by atoms with van der Waals surface area (Å²) in [6.07, 6.45) is 0.884. The third kappa shape index (κ3) is 2.62. The van der Waals surface area contributed by atoms with Crippen LogP contribution in [-0.4, -0.2) is 6.54 Å². The van der Waals surface area contributed by atoms with E-state index in [1.54, 1.807) is 0 Å². The van der Waals surface area contributed by atoms with Crippen molar-refractivity contribution in [3.05, 3.63) is 63.6 Å². The van der Waals surface area contributed by atoms with Gasteiger partial charge in [0.25, 0.3) is 0 Å². The lowest BCUT2D eigenvalue weighted by atomic mass is 9.93. The van der Waals surface area contributed by atoms with E-state index >= 15 is 0 Å². The molecule has 0 saturated heterocycles. The second-order valence-electron chi connectivity index (χ2n) is 4.82. The summed E-state index contributed by atoms with van der Waals surface area (Å²) >= 11 is 16.0. The van der Waals surface area contributed by atoms with Crippen LogP contribution in [0.5, 0.6) is 0 Å². The Morgan fingerprint density at radius 1 is 1.11 bits per heavy atom. The van der Waals surface area contributed by atoms with Crippen molar-refractivity contribution in [1.29, 1.82) is 0 Å². The van der Waals surface area contributed by atoms with Gasteiger partial charge >= 0.3 is 0 Å². The average molecular weight is 357 g/mol. The van der Waals surface area contributed by atoms with Crippen molar-refractivity contribution in [3.63, 3.8) is 0 Å². The summed E-state index contributed by atoms with van der Waals surface area (Å²) in [5.74, 6) is 0. The number of hydrogen-bond donors (Lipinski definition) is 1. The number of halogens is 3. The van der Waals surface area contributed by atoms with E-state index in [4.69, 9.17) is 23.2 Å². The van der Waals surface area contributed by atoms with Crippen molar-refractivity contribution in [1.82, 2.24) is 0 Å². The zero-order valence-corrected chi connectivity index (χ0v) is 13.2. The highest BCUT2D eigenvalue weighted by Crippen LogP contribution is 2.44. The van der Waals surface area contributed by atoms with Crippen molar-refractivity contribution in [3.8, 4) is 0 Å². The summed E-state index contributed by atoms with van der Waals surface area (Å²) in [6.45, 7) is 0.842. The molecule has 0 amide bonds. The Hall–Kier alpha value is -0.700. The summed E-state index contributed by atoms with van der Waals surface area (Å²) in [5.41, 5.74) is 3.57. The number of fused-ring (bicyclic) bond motifs is 1. The Kier molecular flexibility index (Phi) is 3.50. The zero-order chi connectivity index (χ0) is 13.5. The minimum atomic E-state index is -0.0996. The highest BCUT2D eigenvalue weighted by molar-refractivity contribution is 9.09. The summed E-state index contributed by atoms with van der Waals surface area (Å²) in [7, 11) is 0. The van der Waals surface area contributed by atoms with Crippen molar-refractivity contribution in [2.75, 3.05) is 11.9 Å². The van der Waals surface area contributed by atoms with E-state index < -0.39 is 0 Å². The van der Waals surface area contributed by atoms with Gasteiger partial charge in [-0.15, -0.1) is 0 Å². The van der Waals surface area contributed by atoms with Crippen LogP contribution in [0.15, 0.2) is 42.5 Å². The number of alkyl halides is 1. The molecule has 0 saturated carbocycles. The first-order valence-corrected chi connectivity index (χ1v) is 7.59. The van der Waals surface area contributed by atoms with Crippen LogP contribution in [0.1, 0.15) is 11.1 Å². The first-order valence-electron chi connectivity index (χ1n) is 6.04. The van der Waals surface area contributed by atoms with Gasteiger partial charge in [0.05, 0.1) is 4.32 Å². The van der Waals surface area contributed by atoms with Crippen LogP contribution < -0.4 is 5.32 Å². The van der Waals surface area contributed by atoms with E-state index in [2.05, 4.69) is 33.4 Å². The number of rotatable bonds is 2. The lowest BCUT2D eigenvalue weighted by Gasteiger charge is -2.22. The molecule has 0 aromatic heterocycles. The fourth-order valence-electron chi connectivity index (χ4n) is 2.51. The topological polar surface area (TPSA) is 12.0 Å². The molecule has 0 radical (unpaired) electrons. The maximum Gasteiger partial charge on any atom is 0.0737 e. The second-order valence-corrected chi connectivity index (χ2v) is 7.21. The third-order valence-electron chi connectivity index (χ3n) is 3.40. The molecule has 1 N–H and O–H groups in total. The molecule has 0 spiro atoms. The quantitative estimate of drug-likeness (QED) is 0.724. The Morgan fingerprint density at radius 3 is 2.68 bits per heavy atom. The number of hydrogen-bond acceptors (Lipinski definition) is 1. The molecule has 1 aliphatic heterocycles. The predicted octanol–water partition coefficient (Wildman–Crippen LogP) is 5.25. The van der Waals surface area contributed by atoms with Gasteiger partial charge < -0.3 is 5.32 Å². The molecule has 1 unspecified atom stereocenters. The van der Waals surface area contributed by atoms with E-state index in [0.29, 0.717) is 0 Å². The minimum Gasteiger partial charge on any atom is -0.383 e. The molecule has 1 heterocycles. The molecule has 2 aromatic rings. The van der Waals surface area contributed by atoms with Gasteiger partial charge in [-0.3, -0.25) is 0 Å². The highest BCUT2D eigenvalue weighted by atomic mass is 79.9. The van der Waals surface area contributed by atoms with Crippen molar-refractivity contribution < 1.29 is 0 Å². The van der Waals surface area contributed by atoms with Crippen molar-refractivity contribution in [2.45, 2.75) is 10.7 Å². The van der Waals surface area contributed by atoms with Gasteiger partial charge in [0.2, 0.25) is 0 Å². The molecule has 19 heavy (non-hydrogen) atoms. The van der Waals surface area contributed by atoms with Gasteiger partial charge in [-0.1, -0.05) is 57.3 Å². The molecule has 1 atom stereocenters. The minimum absolute atomic E-state index is 0.0996. The van der Waals surface area contributed by atoms with Crippen LogP contribution in [0.4, 0.5) is 5.69 Å². The zero-order valence-electron chi connectivity index (χ0n) is 10.1. The SMILES string of the molecule is Clc1cccc(CC2(Br)CNc3cc(Cl)ccc32)c1. The van der Waals surface area contributed by atoms with Crippen LogP contribution in [-0.2, 0) is 10.7 Å². The maximum absolute atomic E-state index is 6.05. The molecule has 0 aliphatic carbocycles. The smallest absolute Gasteiger partial charge is 0.0737 e. The standard InChI is InChI=1S/C15H12BrCl2N/c16-15(8-10-2-1-3-11(17)6-10)9-19-14-7-12(18)4-5-13(14)15/h1-7,19H,8-9H2. The first kappa shape index (κ1) is 13.3. The van der Waals surface area contributed by atoms with E-state index in [0.717, 1.165) is 28.7 Å². The second kappa shape index (κ2) is 5.01. The fraction of sp³-hybridized carbons (Fsp3) is 0.200. The third-order valence-corrected chi connectivity index (χ3v) is 4.85. The van der Waals surface area contributed by atoms with Crippen molar-refractivity contribution >= 4 is 44.8 Å². The summed E-state index contributed by atoms with van der Waals surface area (Å²) in [4.78, 5) is 0. The van der Waals surface area contributed by atoms with Gasteiger partial charge in [-0.2, -0.15) is 0 Å². The lowest BCUT2D eigenvalue weighted by Crippen LogP contribution is -2.23. The van der Waals surface area contributed by atoms with Gasteiger partial charge in [0.15, 0.2) is 0 Å². The molecule has 2 aromatic carbocycles. The Morgan fingerprint density at radius 2 is 1.89 bits per heavy atom. The molecule has 0 fully saturated rings. The van der Waals surface area contributed by atoms with E-state index in [-0.39, 0.29) is 4.32 Å². The van der Waals surface area contributed by atoms with Gasteiger partial charge in [-0.25, -0.2) is 0 Å². The number of anilines is 1. The monoisotopic (exact) mass is 355 g/mol. The van der Waals surface area contributed by atoms with E-state index in [1.807, 2.05) is 30.3 Å². The molecule has 1 nitrogen and oxygen atoms in total. The lowest BCUT2D eigenvalue weighted by molar-refractivity contribution is 0.699. The maximum atomic E-state index is 6.05. The molecule has 1 aliphatic rings. The van der Waals surface area contributed by atoms with Gasteiger partial charge in [0.1, 0.15) is 0 Å². The molecule has 4 heteroatoms. The summed E-state index contributed by atoms with van der Waals surface area (Å²) in [6, 6.07) is 14.0. The van der Waals surface area contributed by atoms with E-state index in [1.165, 1.54) is 11.1 Å². The first-order chi connectivity index (χ1) is 9.07. The molecular weight excluding hydrogens is 345 g/mol. The molecule has 98 valence electrons. The molecule has 0 bridgehead atoms.